The van der Waals surface area contributed by atoms with Crippen LogP contribution in [0.4, 0.5) is 10.1 Å². The number of halogens is 2. The highest BCUT2D eigenvalue weighted by atomic mass is 35.5. The minimum Gasteiger partial charge on any atom is -0.348 e. The average Bonchev–Trinajstić information content (AvgIpc) is 2.39. The lowest BCUT2D eigenvalue weighted by Crippen LogP contribution is -2.45. The van der Waals surface area contributed by atoms with Crippen LogP contribution in [-0.2, 0) is 0 Å². The lowest BCUT2D eigenvalue weighted by Gasteiger charge is -2.23. The van der Waals surface area contributed by atoms with E-state index in [2.05, 4.69) is 10.6 Å². The van der Waals surface area contributed by atoms with Crippen LogP contribution in [0.15, 0.2) is 18.2 Å². The predicted octanol–water partition coefficient (Wildman–Crippen LogP) is 1.64. The molecule has 0 radical (unpaired) electrons. The summed E-state index contributed by atoms with van der Waals surface area (Å²) < 4.78 is 13.0. The largest absolute Gasteiger partial charge is 0.348 e. The Kier molecular flexibility index (Phi) is 5.84. The van der Waals surface area contributed by atoms with E-state index in [-0.39, 0.29) is 24.0 Å². The van der Waals surface area contributed by atoms with E-state index >= 15 is 0 Å². The van der Waals surface area contributed by atoms with E-state index in [4.69, 9.17) is 0 Å². The summed E-state index contributed by atoms with van der Waals surface area (Å²) >= 11 is 0. The Labute approximate surface area is 121 Å². The molecule has 0 aliphatic carbocycles. The molecule has 1 saturated heterocycles. The van der Waals surface area contributed by atoms with Crippen molar-refractivity contribution < 1.29 is 14.1 Å². The monoisotopic (exact) mass is 303 g/mol. The molecule has 6 nitrogen and oxygen atoms in total. The number of amides is 1. The summed E-state index contributed by atoms with van der Waals surface area (Å²) in [6, 6.07) is 2.89. The molecule has 1 aromatic carbocycles. The van der Waals surface area contributed by atoms with E-state index < -0.39 is 22.3 Å². The fourth-order valence-corrected chi connectivity index (χ4v) is 2.09. The zero-order valence-corrected chi connectivity index (χ0v) is 11.4. The zero-order valence-electron chi connectivity index (χ0n) is 10.6. The smallest absolute Gasteiger partial charge is 0.285 e. The van der Waals surface area contributed by atoms with Crippen molar-refractivity contribution in [2.24, 2.45) is 0 Å². The van der Waals surface area contributed by atoms with Crippen LogP contribution < -0.4 is 10.6 Å². The van der Waals surface area contributed by atoms with Gasteiger partial charge < -0.3 is 10.6 Å². The second kappa shape index (κ2) is 7.16. The molecule has 1 amide bonds. The summed E-state index contributed by atoms with van der Waals surface area (Å²) in [7, 11) is 0. The number of hydrogen-bond donors (Lipinski definition) is 2. The molecule has 0 unspecified atom stereocenters. The molecular formula is C12H15ClFN3O3. The van der Waals surface area contributed by atoms with Gasteiger partial charge in [-0.15, -0.1) is 12.4 Å². The van der Waals surface area contributed by atoms with Crippen LogP contribution in [0, 0.1) is 15.9 Å². The van der Waals surface area contributed by atoms with E-state index in [0.29, 0.717) is 6.54 Å². The van der Waals surface area contributed by atoms with Gasteiger partial charge in [-0.25, -0.2) is 4.39 Å². The Bertz CT molecular complexity index is 507. The second-order valence-corrected chi connectivity index (χ2v) is 4.44. The first-order valence-corrected chi connectivity index (χ1v) is 6.03. The Balaban J connectivity index is 0.00000200. The number of carbonyl (C=O) groups is 1. The van der Waals surface area contributed by atoms with Crippen LogP contribution >= 0.6 is 12.4 Å². The molecule has 1 fully saturated rings. The summed E-state index contributed by atoms with van der Waals surface area (Å²) in [4.78, 5) is 22.0. The number of nitro groups is 1. The molecule has 2 N–H and O–H groups in total. The molecule has 1 aliphatic rings. The number of benzene rings is 1. The lowest BCUT2D eigenvalue weighted by molar-refractivity contribution is -0.385. The number of nitrogens with one attached hydrogen (secondary N) is 2. The van der Waals surface area contributed by atoms with Crippen molar-refractivity contribution in [2.75, 3.05) is 13.1 Å². The van der Waals surface area contributed by atoms with Gasteiger partial charge in [0.1, 0.15) is 11.4 Å². The molecule has 110 valence electrons. The van der Waals surface area contributed by atoms with Crippen molar-refractivity contribution in [3.63, 3.8) is 0 Å². The van der Waals surface area contributed by atoms with Gasteiger partial charge in [-0.3, -0.25) is 14.9 Å². The minimum absolute atomic E-state index is 0. The number of piperidine rings is 1. The SMILES string of the molecule is Cl.O=C(N[C@@H]1CCCNC1)c1ccc(F)cc1[N+](=O)[O-]. The minimum atomic E-state index is -0.753. The van der Waals surface area contributed by atoms with Gasteiger partial charge in [-0.05, 0) is 31.5 Å². The van der Waals surface area contributed by atoms with Crippen LogP contribution in [0.5, 0.6) is 0 Å². The number of nitro benzene ring substituents is 1. The first-order chi connectivity index (χ1) is 9.08. The molecule has 0 bridgehead atoms. The molecule has 0 spiro atoms. The molecule has 0 saturated carbocycles. The molecular weight excluding hydrogens is 289 g/mol. The summed E-state index contributed by atoms with van der Waals surface area (Å²) in [5, 5.41) is 16.7. The van der Waals surface area contributed by atoms with Gasteiger partial charge in [0.25, 0.3) is 11.6 Å². The quantitative estimate of drug-likeness (QED) is 0.657. The van der Waals surface area contributed by atoms with Gasteiger partial charge in [-0.1, -0.05) is 0 Å². The molecule has 0 aromatic heterocycles. The van der Waals surface area contributed by atoms with Crippen LogP contribution in [0.25, 0.3) is 0 Å². The van der Waals surface area contributed by atoms with Gasteiger partial charge in [0.15, 0.2) is 0 Å². The van der Waals surface area contributed by atoms with Crippen molar-refractivity contribution >= 4 is 24.0 Å². The summed E-state index contributed by atoms with van der Waals surface area (Å²) in [6.45, 7) is 1.55. The first-order valence-electron chi connectivity index (χ1n) is 6.03. The van der Waals surface area contributed by atoms with Crippen LogP contribution in [0.3, 0.4) is 0 Å². The molecule has 1 heterocycles. The highest BCUT2D eigenvalue weighted by Gasteiger charge is 2.23. The third-order valence-electron chi connectivity index (χ3n) is 3.03. The van der Waals surface area contributed by atoms with E-state index in [1.54, 1.807) is 0 Å². The standard InChI is InChI=1S/C12H14FN3O3.ClH/c13-8-3-4-10(11(6-8)16(18)19)12(17)15-9-2-1-5-14-7-9;/h3-4,6,9,14H,1-2,5,7H2,(H,15,17);1H/t9-;/m1./s1. The van der Waals surface area contributed by atoms with Crippen molar-refractivity contribution in [3.8, 4) is 0 Å². The maximum absolute atomic E-state index is 13.0. The first kappa shape index (κ1) is 16.3. The van der Waals surface area contributed by atoms with Gasteiger partial charge in [0.2, 0.25) is 0 Å². The summed E-state index contributed by atoms with van der Waals surface area (Å²) in [6.07, 6.45) is 1.77. The second-order valence-electron chi connectivity index (χ2n) is 4.44. The van der Waals surface area contributed by atoms with E-state index in [1.165, 1.54) is 0 Å². The molecule has 1 aliphatic heterocycles. The Morgan fingerprint density at radius 2 is 2.25 bits per heavy atom. The van der Waals surface area contributed by atoms with E-state index in [0.717, 1.165) is 37.6 Å². The zero-order chi connectivity index (χ0) is 13.8. The summed E-state index contributed by atoms with van der Waals surface area (Å²) in [5.41, 5.74) is -0.627. The lowest BCUT2D eigenvalue weighted by atomic mass is 10.1. The van der Waals surface area contributed by atoms with Gasteiger partial charge in [0, 0.05) is 12.6 Å². The van der Waals surface area contributed by atoms with Gasteiger partial charge in [-0.2, -0.15) is 0 Å². The number of rotatable bonds is 3. The van der Waals surface area contributed by atoms with E-state index in [9.17, 15) is 19.3 Å². The Hall–Kier alpha value is -1.73. The fourth-order valence-electron chi connectivity index (χ4n) is 2.09. The van der Waals surface area contributed by atoms with Crippen LogP contribution in [0.2, 0.25) is 0 Å². The van der Waals surface area contributed by atoms with Gasteiger partial charge >= 0.3 is 0 Å². The van der Waals surface area contributed by atoms with Crippen molar-refractivity contribution in [1.29, 1.82) is 0 Å². The maximum Gasteiger partial charge on any atom is 0.285 e. The number of nitrogens with zero attached hydrogens (tertiary/aromatic N) is 1. The normalized spacial score (nSPS) is 17.9. The van der Waals surface area contributed by atoms with Crippen LogP contribution in [0.1, 0.15) is 23.2 Å². The van der Waals surface area contributed by atoms with E-state index in [1.807, 2.05) is 0 Å². The Morgan fingerprint density at radius 3 is 2.85 bits per heavy atom. The fraction of sp³-hybridized carbons (Fsp3) is 0.417. The molecule has 20 heavy (non-hydrogen) atoms. The third kappa shape index (κ3) is 3.88. The third-order valence-corrected chi connectivity index (χ3v) is 3.03. The molecule has 8 heteroatoms. The Morgan fingerprint density at radius 1 is 1.50 bits per heavy atom. The summed E-state index contributed by atoms with van der Waals surface area (Å²) in [5.74, 6) is -1.28. The number of hydrogen-bond acceptors (Lipinski definition) is 4. The van der Waals surface area contributed by atoms with Crippen LogP contribution in [-0.4, -0.2) is 30.0 Å². The number of carbonyl (C=O) groups excluding carboxylic acids is 1. The molecule has 1 atom stereocenters. The average molecular weight is 304 g/mol. The molecule has 1 aromatic rings. The highest BCUT2D eigenvalue weighted by molar-refractivity contribution is 5.98. The van der Waals surface area contributed by atoms with Crippen molar-refractivity contribution in [1.82, 2.24) is 10.6 Å². The predicted molar refractivity (Wildman–Crippen MR) is 73.7 cm³/mol. The topological polar surface area (TPSA) is 84.3 Å². The van der Waals surface area contributed by atoms with Crippen molar-refractivity contribution in [2.45, 2.75) is 18.9 Å². The highest BCUT2D eigenvalue weighted by Crippen LogP contribution is 2.20. The van der Waals surface area contributed by atoms with Crippen molar-refractivity contribution in [3.05, 3.63) is 39.7 Å². The molecule has 2 rings (SSSR count). The maximum atomic E-state index is 13.0. The van der Waals surface area contributed by atoms with Gasteiger partial charge in [0.05, 0.1) is 11.0 Å².